The Hall–Kier alpha value is -2.80. The fourth-order valence-corrected chi connectivity index (χ4v) is 2.82. The van der Waals surface area contributed by atoms with Crippen molar-refractivity contribution >= 4 is 11.8 Å². The van der Waals surface area contributed by atoms with Gasteiger partial charge in [-0.05, 0) is 24.3 Å². The van der Waals surface area contributed by atoms with Gasteiger partial charge in [0.05, 0.1) is 18.4 Å². The number of primary amides is 1. The van der Waals surface area contributed by atoms with Crippen LogP contribution in [0.25, 0.3) is 0 Å². The monoisotopic (exact) mass is 343 g/mol. The molecule has 1 aromatic heterocycles. The number of rotatable bonds is 6. The third-order valence-electron chi connectivity index (χ3n) is 4.11. The van der Waals surface area contributed by atoms with E-state index in [9.17, 15) is 9.59 Å². The van der Waals surface area contributed by atoms with Crippen LogP contribution in [0.5, 0.6) is 5.75 Å². The van der Waals surface area contributed by atoms with Gasteiger partial charge in [0.1, 0.15) is 11.5 Å². The van der Waals surface area contributed by atoms with Crippen LogP contribution in [-0.2, 0) is 11.3 Å². The van der Waals surface area contributed by atoms with Crippen molar-refractivity contribution in [1.82, 2.24) is 9.80 Å². The molecule has 25 heavy (non-hydrogen) atoms. The summed E-state index contributed by atoms with van der Waals surface area (Å²) in [6.07, 6.45) is 1.66. The van der Waals surface area contributed by atoms with Crippen molar-refractivity contribution in [3.8, 4) is 5.75 Å². The summed E-state index contributed by atoms with van der Waals surface area (Å²) in [6.45, 7) is 3.30. The Morgan fingerprint density at radius 1 is 1.08 bits per heavy atom. The minimum atomic E-state index is -0.575. The normalized spacial score (nSPS) is 15.1. The highest BCUT2D eigenvalue weighted by Gasteiger charge is 2.24. The quantitative estimate of drug-likeness (QED) is 0.848. The number of para-hydroxylation sites is 1. The molecular weight excluding hydrogens is 322 g/mol. The molecule has 7 nitrogen and oxygen atoms in total. The number of ether oxygens (including phenoxy) is 1. The summed E-state index contributed by atoms with van der Waals surface area (Å²) >= 11 is 0. The number of benzene rings is 1. The highest BCUT2D eigenvalue weighted by Crippen LogP contribution is 2.21. The van der Waals surface area contributed by atoms with E-state index in [-0.39, 0.29) is 12.5 Å². The maximum absolute atomic E-state index is 12.8. The van der Waals surface area contributed by atoms with Crippen molar-refractivity contribution < 1.29 is 18.7 Å². The van der Waals surface area contributed by atoms with Gasteiger partial charge >= 0.3 is 0 Å². The van der Waals surface area contributed by atoms with Gasteiger partial charge in [-0.25, -0.2) is 0 Å². The minimum absolute atomic E-state index is 0.0993. The molecule has 1 fully saturated rings. The van der Waals surface area contributed by atoms with E-state index in [4.69, 9.17) is 14.9 Å². The molecule has 3 rings (SSSR count). The van der Waals surface area contributed by atoms with Crippen molar-refractivity contribution in [3.63, 3.8) is 0 Å². The molecule has 7 heteroatoms. The Morgan fingerprint density at radius 3 is 2.52 bits per heavy atom. The molecule has 0 radical (unpaired) electrons. The van der Waals surface area contributed by atoms with Gasteiger partial charge < -0.3 is 19.8 Å². The lowest BCUT2D eigenvalue weighted by Crippen LogP contribution is -2.48. The van der Waals surface area contributed by atoms with Crippen LogP contribution in [0.4, 0.5) is 0 Å². The maximum Gasteiger partial charge on any atom is 0.257 e. The number of nitrogens with zero attached hydrogens (tertiary/aromatic N) is 2. The molecule has 2 N–H and O–H groups in total. The van der Waals surface area contributed by atoms with Crippen molar-refractivity contribution in [3.05, 3.63) is 54.0 Å². The van der Waals surface area contributed by atoms with Gasteiger partial charge in [-0.2, -0.15) is 0 Å². The molecule has 132 valence electrons. The third-order valence-corrected chi connectivity index (χ3v) is 4.11. The van der Waals surface area contributed by atoms with Crippen LogP contribution in [0.1, 0.15) is 16.1 Å². The van der Waals surface area contributed by atoms with E-state index in [1.165, 1.54) is 0 Å². The first-order valence-corrected chi connectivity index (χ1v) is 8.17. The summed E-state index contributed by atoms with van der Waals surface area (Å²) in [5.74, 6) is 0.626. The smallest absolute Gasteiger partial charge is 0.257 e. The Labute approximate surface area is 145 Å². The van der Waals surface area contributed by atoms with E-state index >= 15 is 0 Å². The molecule has 2 heterocycles. The zero-order chi connectivity index (χ0) is 17.6. The van der Waals surface area contributed by atoms with Crippen LogP contribution in [0.2, 0.25) is 0 Å². The Balaban J connectivity index is 1.60. The Bertz CT molecular complexity index is 722. The number of carbonyl (C=O) groups is 2. The van der Waals surface area contributed by atoms with Gasteiger partial charge in [-0.1, -0.05) is 12.1 Å². The zero-order valence-electron chi connectivity index (χ0n) is 13.9. The van der Waals surface area contributed by atoms with Crippen LogP contribution in [0.3, 0.4) is 0 Å². The number of carbonyl (C=O) groups excluding carboxylic acids is 2. The van der Waals surface area contributed by atoms with E-state index < -0.39 is 5.91 Å². The molecule has 1 aliphatic rings. The average Bonchev–Trinajstić information content (AvgIpc) is 3.13. The average molecular weight is 343 g/mol. The van der Waals surface area contributed by atoms with Gasteiger partial charge in [0, 0.05) is 26.2 Å². The molecule has 2 aromatic rings. The number of piperazine rings is 1. The summed E-state index contributed by atoms with van der Waals surface area (Å²) < 4.78 is 10.7. The van der Waals surface area contributed by atoms with Crippen molar-refractivity contribution in [1.29, 1.82) is 0 Å². The molecule has 2 amide bonds. The lowest BCUT2D eigenvalue weighted by atomic mass is 10.1. The molecule has 0 bridgehead atoms. The molecule has 1 aromatic carbocycles. The number of hydrogen-bond donors (Lipinski definition) is 1. The molecule has 0 spiro atoms. The van der Waals surface area contributed by atoms with E-state index in [1.807, 2.05) is 12.1 Å². The first-order chi connectivity index (χ1) is 12.1. The second-order valence-electron chi connectivity index (χ2n) is 5.90. The first-order valence-electron chi connectivity index (χ1n) is 8.17. The topological polar surface area (TPSA) is 89.0 Å². The van der Waals surface area contributed by atoms with Gasteiger partial charge in [0.25, 0.3) is 11.8 Å². The maximum atomic E-state index is 12.8. The Morgan fingerprint density at radius 2 is 1.84 bits per heavy atom. The molecule has 0 atom stereocenters. The number of furan rings is 1. The number of amides is 2. The predicted molar refractivity (Wildman–Crippen MR) is 91.0 cm³/mol. The van der Waals surface area contributed by atoms with E-state index in [1.54, 1.807) is 35.4 Å². The lowest BCUT2D eigenvalue weighted by molar-refractivity contribution is -0.119. The first kappa shape index (κ1) is 17.0. The van der Waals surface area contributed by atoms with Crippen LogP contribution < -0.4 is 10.5 Å². The molecule has 0 aliphatic carbocycles. The molecule has 1 saturated heterocycles. The van der Waals surface area contributed by atoms with Gasteiger partial charge in [0.15, 0.2) is 6.61 Å². The van der Waals surface area contributed by atoms with Crippen LogP contribution in [-0.4, -0.2) is 54.4 Å². The molecule has 1 aliphatic heterocycles. The van der Waals surface area contributed by atoms with Gasteiger partial charge in [-0.15, -0.1) is 0 Å². The highest BCUT2D eigenvalue weighted by molar-refractivity contribution is 5.97. The second kappa shape index (κ2) is 7.85. The van der Waals surface area contributed by atoms with Gasteiger partial charge in [0.2, 0.25) is 0 Å². The summed E-state index contributed by atoms with van der Waals surface area (Å²) in [6, 6.07) is 10.7. The third kappa shape index (κ3) is 4.39. The molecular formula is C18H21N3O4. The predicted octanol–water partition coefficient (Wildman–Crippen LogP) is 1.10. The summed E-state index contributed by atoms with van der Waals surface area (Å²) in [5.41, 5.74) is 5.56. The lowest BCUT2D eigenvalue weighted by Gasteiger charge is -2.34. The minimum Gasteiger partial charge on any atom is -0.483 e. The summed E-state index contributed by atoms with van der Waals surface area (Å²) in [5, 5.41) is 0. The van der Waals surface area contributed by atoms with E-state index in [2.05, 4.69) is 4.90 Å². The number of nitrogens with two attached hydrogens (primary N) is 1. The number of hydrogen-bond acceptors (Lipinski definition) is 5. The largest absolute Gasteiger partial charge is 0.483 e. The molecule has 0 unspecified atom stereocenters. The fourth-order valence-electron chi connectivity index (χ4n) is 2.82. The van der Waals surface area contributed by atoms with Crippen LogP contribution >= 0.6 is 0 Å². The fraction of sp³-hybridized carbons (Fsp3) is 0.333. The second-order valence-corrected chi connectivity index (χ2v) is 5.90. The SMILES string of the molecule is NC(=O)COc1ccccc1C(=O)N1CCN(Cc2ccco2)CC1. The van der Waals surface area contributed by atoms with E-state index in [0.29, 0.717) is 24.4 Å². The highest BCUT2D eigenvalue weighted by atomic mass is 16.5. The standard InChI is InChI=1S/C18H21N3O4/c19-17(22)13-25-16-6-2-1-5-15(16)18(23)21-9-7-20(8-10-21)12-14-4-3-11-24-14/h1-6,11H,7-10,12-13H2,(H2,19,22). The summed E-state index contributed by atoms with van der Waals surface area (Å²) in [4.78, 5) is 27.7. The summed E-state index contributed by atoms with van der Waals surface area (Å²) in [7, 11) is 0. The van der Waals surface area contributed by atoms with Crippen molar-refractivity contribution in [2.24, 2.45) is 5.73 Å². The van der Waals surface area contributed by atoms with E-state index in [0.717, 1.165) is 25.4 Å². The van der Waals surface area contributed by atoms with Crippen molar-refractivity contribution in [2.75, 3.05) is 32.8 Å². The van der Waals surface area contributed by atoms with Crippen LogP contribution in [0.15, 0.2) is 47.1 Å². The van der Waals surface area contributed by atoms with Crippen LogP contribution in [0, 0.1) is 0 Å². The van der Waals surface area contributed by atoms with Gasteiger partial charge in [-0.3, -0.25) is 14.5 Å². The Kier molecular flexibility index (Phi) is 5.35. The molecule has 0 saturated carbocycles. The zero-order valence-corrected chi connectivity index (χ0v) is 13.9. The van der Waals surface area contributed by atoms with Crippen molar-refractivity contribution in [2.45, 2.75) is 6.54 Å².